The van der Waals surface area contributed by atoms with E-state index in [1.807, 2.05) is 6.08 Å². The van der Waals surface area contributed by atoms with E-state index in [9.17, 15) is 14.4 Å². The molecule has 0 saturated carbocycles. The van der Waals surface area contributed by atoms with Crippen molar-refractivity contribution in [2.24, 2.45) is 0 Å². The van der Waals surface area contributed by atoms with Gasteiger partial charge in [0, 0.05) is 13.8 Å². The van der Waals surface area contributed by atoms with Gasteiger partial charge in [0.15, 0.2) is 0 Å². The van der Waals surface area contributed by atoms with Crippen molar-refractivity contribution >= 4 is 18.2 Å². The van der Waals surface area contributed by atoms with Crippen LogP contribution < -0.4 is 0 Å². The SMILES string of the molecule is CC(=O)O/C=C/C(=C/OC(C)=O)CC/C=C(/C=O)CC/C=C(\C)CCC=C(C)C. The maximum absolute atomic E-state index is 11.3. The van der Waals surface area contributed by atoms with Gasteiger partial charge in [0.2, 0.25) is 0 Å². The molecule has 0 aliphatic carbocycles. The van der Waals surface area contributed by atoms with Crippen LogP contribution in [0.4, 0.5) is 0 Å². The molecule has 0 aromatic rings. The second kappa shape index (κ2) is 16.3. The quantitative estimate of drug-likeness (QED) is 0.0959. The molecule has 160 valence electrons. The van der Waals surface area contributed by atoms with Gasteiger partial charge in [-0.1, -0.05) is 29.4 Å². The molecule has 0 unspecified atom stereocenters. The summed E-state index contributed by atoms with van der Waals surface area (Å²) in [5, 5.41) is 0. The van der Waals surface area contributed by atoms with Crippen molar-refractivity contribution in [3.8, 4) is 0 Å². The number of hydrogen-bond acceptors (Lipinski definition) is 5. The van der Waals surface area contributed by atoms with E-state index in [1.165, 1.54) is 37.5 Å². The summed E-state index contributed by atoms with van der Waals surface area (Å²) in [7, 11) is 0. The molecule has 0 radical (unpaired) electrons. The van der Waals surface area contributed by atoms with Crippen LogP contribution in [-0.2, 0) is 23.9 Å². The number of esters is 2. The summed E-state index contributed by atoms with van der Waals surface area (Å²) >= 11 is 0. The second-order valence-corrected chi connectivity index (χ2v) is 7.06. The van der Waals surface area contributed by atoms with Crippen molar-refractivity contribution in [1.29, 1.82) is 0 Å². The molecule has 0 N–H and O–H groups in total. The minimum atomic E-state index is -0.431. The van der Waals surface area contributed by atoms with Gasteiger partial charge in [-0.05, 0) is 76.5 Å². The van der Waals surface area contributed by atoms with Gasteiger partial charge in [-0.25, -0.2) is 0 Å². The fraction of sp³-hybridized carbons (Fsp3) is 0.458. The minimum Gasteiger partial charge on any atom is -0.435 e. The molecule has 5 nitrogen and oxygen atoms in total. The Kier molecular flexibility index (Phi) is 14.8. The van der Waals surface area contributed by atoms with Crippen LogP contribution in [0.5, 0.6) is 0 Å². The first-order valence-electron chi connectivity index (χ1n) is 9.87. The monoisotopic (exact) mass is 402 g/mol. The molecule has 0 heterocycles. The topological polar surface area (TPSA) is 69.7 Å². The van der Waals surface area contributed by atoms with Crippen LogP contribution >= 0.6 is 0 Å². The molecule has 29 heavy (non-hydrogen) atoms. The third-order valence-corrected chi connectivity index (χ3v) is 3.90. The van der Waals surface area contributed by atoms with Crippen LogP contribution in [0.3, 0.4) is 0 Å². The van der Waals surface area contributed by atoms with Gasteiger partial charge in [0.1, 0.15) is 6.29 Å². The van der Waals surface area contributed by atoms with Crippen molar-refractivity contribution in [1.82, 2.24) is 0 Å². The summed E-state index contributed by atoms with van der Waals surface area (Å²) in [4.78, 5) is 33.1. The first-order chi connectivity index (χ1) is 13.7. The van der Waals surface area contributed by atoms with E-state index in [0.717, 1.165) is 31.1 Å². The zero-order chi connectivity index (χ0) is 22.1. The molecule has 0 aliphatic heterocycles. The van der Waals surface area contributed by atoms with Gasteiger partial charge in [-0.2, -0.15) is 0 Å². The third kappa shape index (κ3) is 17.2. The first kappa shape index (κ1) is 26.3. The molecular formula is C24H34O5. The van der Waals surface area contributed by atoms with E-state index >= 15 is 0 Å². The number of carbonyl (C=O) groups is 3. The zero-order valence-corrected chi connectivity index (χ0v) is 18.3. The number of aldehydes is 1. The van der Waals surface area contributed by atoms with Gasteiger partial charge < -0.3 is 9.47 Å². The van der Waals surface area contributed by atoms with Crippen LogP contribution in [0.25, 0.3) is 0 Å². The van der Waals surface area contributed by atoms with Crippen molar-refractivity contribution in [2.75, 3.05) is 0 Å². The van der Waals surface area contributed by atoms with E-state index in [0.29, 0.717) is 24.8 Å². The highest BCUT2D eigenvalue weighted by molar-refractivity contribution is 5.73. The Hall–Kier alpha value is -2.69. The van der Waals surface area contributed by atoms with Crippen LogP contribution in [-0.4, -0.2) is 18.2 Å². The Balaban J connectivity index is 4.66. The maximum Gasteiger partial charge on any atom is 0.307 e. The fourth-order valence-electron chi connectivity index (χ4n) is 2.37. The maximum atomic E-state index is 11.3. The van der Waals surface area contributed by atoms with Crippen LogP contribution in [0.15, 0.2) is 59.1 Å². The summed E-state index contributed by atoms with van der Waals surface area (Å²) in [6.07, 6.45) is 16.1. The minimum absolute atomic E-state index is 0.430. The molecule has 0 bridgehead atoms. The Morgan fingerprint density at radius 1 is 0.724 bits per heavy atom. The van der Waals surface area contributed by atoms with E-state index < -0.39 is 11.9 Å². The van der Waals surface area contributed by atoms with Gasteiger partial charge in [-0.15, -0.1) is 0 Å². The first-order valence-corrected chi connectivity index (χ1v) is 9.87. The lowest BCUT2D eigenvalue weighted by atomic mass is 10.0. The highest BCUT2D eigenvalue weighted by Gasteiger charge is 1.99. The largest absolute Gasteiger partial charge is 0.435 e. The lowest BCUT2D eigenvalue weighted by Crippen LogP contribution is -1.94. The van der Waals surface area contributed by atoms with Gasteiger partial charge in [0.05, 0.1) is 12.5 Å². The molecule has 0 aliphatic rings. The Labute approximate surface area is 174 Å². The fourth-order valence-corrected chi connectivity index (χ4v) is 2.37. The van der Waals surface area contributed by atoms with E-state index in [1.54, 1.807) is 6.08 Å². The van der Waals surface area contributed by atoms with Gasteiger partial charge in [-0.3, -0.25) is 14.4 Å². The molecule has 0 atom stereocenters. The Morgan fingerprint density at radius 2 is 1.31 bits per heavy atom. The van der Waals surface area contributed by atoms with E-state index in [-0.39, 0.29) is 0 Å². The zero-order valence-electron chi connectivity index (χ0n) is 18.3. The summed E-state index contributed by atoms with van der Waals surface area (Å²) in [6.45, 7) is 8.92. The van der Waals surface area contributed by atoms with Gasteiger partial charge >= 0.3 is 11.9 Å². The lowest BCUT2D eigenvalue weighted by Gasteiger charge is -2.03. The highest BCUT2D eigenvalue weighted by atomic mass is 16.5. The molecule has 0 saturated heterocycles. The third-order valence-electron chi connectivity index (χ3n) is 3.90. The molecular weight excluding hydrogens is 368 g/mol. The highest BCUT2D eigenvalue weighted by Crippen LogP contribution is 2.14. The average Bonchev–Trinajstić information content (AvgIpc) is 2.63. The van der Waals surface area contributed by atoms with Gasteiger partial charge in [0.25, 0.3) is 0 Å². The van der Waals surface area contributed by atoms with Crippen LogP contribution in [0.2, 0.25) is 0 Å². The molecule has 0 fully saturated rings. The Bertz CT molecular complexity index is 686. The normalized spacial score (nSPS) is 12.7. The summed E-state index contributed by atoms with van der Waals surface area (Å²) in [5.41, 5.74) is 4.08. The second-order valence-electron chi connectivity index (χ2n) is 7.06. The summed E-state index contributed by atoms with van der Waals surface area (Å²) in [6, 6.07) is 0. The lowest BCUT2D eigenvalue weighted by molar-refractivity contribution is -0.136. The number of allylic oxidation sites excluding steroid dienone is 8. The van der Waals surface area contributed by atoms with Crippen molar-refractivity contribution in [3.05, 3.63) is 59.1 Å². The molecule has 5 heteroatoms. The van der Waals surface area contributed by atoms with E-state index in [2.05, 4.69) is 32.9 Å². The number of rotatable bonds is 13. The molecule has 0 amide bonds. The van der Waals surface area contributed by atoms with Crippen LogP contribution in [0.1, 0.15) is 73.1 Å². The number of hydrogen-bond donors (Lipinski definition) is 0. The van der Waals surface area contributed by atoms with Crippen LogP contribution in [0, 0.1) is 0 Å². The summed E-state index contributed by atoms with van der Waals surface area (Å²) < 4.78 is 9.65. The molecule has 0 aromatic heterocycles. The predicted octanol–water partition coefficient (Wildman–Crippen LogP) is 5.89. The van der Waals surface area contributed by atoms with Crippen molar-refractivity contribution < 1.29 is 23.9 Å². The molecule has 0 spiro atoms. The molecule has 0 rings (SSSR count). The smallest absolute Gasteiger partial charge is 0.307 e. The predicted molar refractivity (Wildman–Crippen MR) is 116 cm³/mol. The Morgan fingerprint density at radius 3 is 1.90 bits per heavy atom. The van der Waals surface area contributed by atoms with Crippen molar-refractivity contribution in [2.45, 2.75) is 73.1 Å². The average molecular weight is 403 g/mol. The van der Waals surface area contributed by atoms with E-state index in [4.69, 9.17) is 9.47 Å². The molecule has 0 aromatic carbocycles. The number of ether oxygens (including phenoxy) is 2. The summed E-state index contributed by atoms with van der Waals surface area (Å²) in [5.74, 6) is -0.861. The van der Waals surface area contributed by atoms with Crippen molar-refractivity contribution in [3.63, 3.8) is 0 Å². The standard InChI is InChI=1S/C24H34O5/c1-19(2)9-6-10-20(3)11-7-12-23(17-25)13-8-14-24(18-29-22(5)27)15-16-28-21(4)26/h9,11,13,15-18H,6-8,10,12,14H2,1-5H3/b16-15+,20-11+,23-13+,24-18+. The number of carbonyl (C=O) groups excluding carboxylic acids is 3.